The van der Waals surface area contributed by atoms with Crippen molar-refractivity contribution in [2.45, 2.75) is 71.1 Å². The molecule has 0 bridgehead atoms. The Morgan fingerprint density at radius 2 is 1.21 bits per heavy atom. The number of carbonyl (C=O) groups is 4. The molecule has 0 heterocycles. The van der Waals surface area contributed by atoms with Gasteiger partial charge in [-0.2, -0.15) is 0 Å². The van der Waals surface area contributed by atoms with Crippen molar-refractivity contribution in [3.63, 3.8) is 0 Å². The largest absolute Gasteiger partial charge is 0.480 e. The summed E-state index contributed by atoms with van der Waals surface area (Å²) in [5.41, 5.74) is 7.77. The fourth-order valence-corrected chi connectivity index (χ4v) is 4.04. The van der Waals surface area contributed by atoms with E-state index in [4.69, 9.17) is 5.73 Å². The third-order valence-corrected chi connectivity index (χ3v) is 6.12. The van der Waals surface area contributed by atoms with Crippen LogP contribution in [0.1, 0.15) is 45.2 Å². The second-order valence-corrected chi connectivity index (χ2v) is 10.3. The first-order valence-corrected chi connectivity index (χ1v) is 12.9. The van der Waals surface area contributed by atoms with Gasteiger partial charge in [0.25, 0.3) is 0 Å². The van der Waals surface area contributed by atoms with E-state index >= 15 is 0 Å². The van der Waals surface area contributed by atoms with Crippen LogP contribution < -0.4 is 21.7 Å². The SMILES string of the molecule is CC(C)CC(NC(=O)C(N)Cc1ccccc1)C(=O)NC(C(=O)NC(Cc1ccccc1)C(=O)O)C(C)C. The molecule has 38 heavy (non-hydrogen) atoms. The molecular weight excluding hydrogens is 484 g/mol. The first-order valence-electron chi connectivity index (χ1n) is 12.9. The standard InChI is InChI=1S/C29H40N4O5/c1-18(2)15-23(31-26(34)22(30)16-20-11-7-5-8-12-20)27(35)33-25(19(3)4)28(36)32-24(29(37)38)17-21-13-9-6-10-14-21/h5-14,18-19,22-25H,15-17,30H2,1-4H3,(H,31,34)(H,32,36)(H,33,35)(H,37,38). The summed E-state index contributed by atoms with van der Waals surface area (Å²) < 4.78 is 0. The number of carboxylic acid groups (broad SMARTS) is 1. The van der Waals surface area contributed by atoms with Gasteiger partial charge in [0.15, 0.2) is 0 Å². The minimum absolute atomic E-state index is 0.0741. The molecular formula is C29H40N4O5. The number of aliphatic carboxylic acids is 1. The lowest BCUT2D eigenvalue weighted by atomic mass is 9.98. The number of hydrogen-bond acceptors (Lipinski definition) is 5. The average Bonchev–Trinajstić information content (AvgIpc) is 2.86. The zero-order valence-corrected chi connectivity index (χ0v) is 22.5. The molecule has 0 spiro atoms. The molecule has 3 amide bonds. The first kappa shape index (κ1) is 30.5. The van der Waals surface area contributed by atoms with Crippen molar-refractivity contribution in [3.8, 4) is 0 Å². The van der Waals surface area contributed by atoms with Gasteiger partial charge in [0.1, 0.15) is 18.1 Å². The van der Waals surface area contributed by atoms with Crippen molar-refractivity contribution in [1.82, 2.24) is 16.0 Å². The zero-order valence-electron chi connectivity index (χ0n) is 22.5. The van der Waals surface area contributed by atoms with Crippen LogP contribution in [0.15, 0.2) is 60.7 Å². The van der Waals surface area contributed by atoms with Gasteiger partial charge in [-0.1, -0.05) is 88.4 Å². The molecule has 0 radical (unpaired) electrons. The second kappa shape index (κ2) is 14.9. The molecule has 6 N–H and O–H groups in total. The van der Waals surface area contributed by atoms with Crippen LogP contribution in [0.25, 0.3) is 0 Å². The fourth-order valence-electron chi connectivity index (χ4n) is 4.04. The van der Waals surface area contributed by atoms with Crippen LogP contribution in [0.5, 0.6) is 0 Å². The van der Waals surface area contributed by atoms with Crippen LogP contribution in [0.3, 0.4) is 0 Å². The first-order chi connectivity index (χ1) is 18.0. The van der Waals surface area contributed by atoms with Gasteiger partial charge < -0.3 is 26.8 Å². The maximum absolute atomic E-state index is 13.3. The molecule has 0 aliphatic heterocycles. The number of amides is 3. The van der Waals surface area contributed by atoms with Crippen LogP contribution in [0.4, 0.5) is 0 Å². The van der Waals surface area contributed by atoms with E-state index in [1.807, 2.05) is 50.2 Å². The van der Waals surface area contributed by atoms with E-state index in [1.165, 1.54) is 0 Å². The molecule has 4 unspecified atom stereocenters. The van der Waals surface area contributed by atoms with Gasteiger partial charge in [-0.15, -0.1) is 0 Å². The number of nitrogens with one attached hydrogen (secondary N) is 3. The zero-order chi connectivity index (χ0) is 28.2. The molecule has 0 aromatic heterocycles. The Hall–Kier alpha value is -3.72. The Morgan fingerprint density at radius 3 is 1.68 bits per heavy atom. The molecule has 206 valence electrons. The topological polar surface area (TPSA) is 151 Å². The maximum Gasteiger partial charge on any atom is 0.326 e. The van der Waals surface area contributed by atoms with Crippen LogP contribution in [-0.2, 0) is 32.0 Å². The number of benzene rings is 2. The van der Waals surface area contributed by atoms with Crippen molar-refractivity contribution in [3.05, 3.63) is 71.8 Å². The summed E-state index contributed by atoms with van der Waals surface area (Å²) in [5, 5.41) is 17.7. The summed E-state index contributed by atoms with van der Waals surface area (Å²) in [6.07, 6.45) is 0.761. The highest BCUT2D eigenvalue weighted by Crippen LogP contribution is 2.10. The number of rotatable bonds is 14. The highest BCUT2D eigenvalue weighted by Gasteiger charge is 2.32. The molecule has 2 aromatic rings. The third kappa shape index (κ3) is 9.97. The van der Waals surface area contributed by atoms with Gasteiger partial charge >= 0.3 is 5.97 Å². The Labute approximate surface area is 224 Å². The van der Waals surface area contributed by atoms with Crippen LogP contribution >= 0.6 is 0 Å². The van der Waals surface area contributed by atoms with Crippen molar-refractivity contribution >= 4 is 23.7 Å². The predicted octanol–water partition coefficient (Wildman–Crippen LogP) is 2.04. The molecule has 9 nitrogen and oxygen atoms in total. The van der Waals surface area contributed by atoms with Crippen LogP contribution in [0, 0.1) is 11.8 Å². The Kier molecular flexibility index (Phi) is 11.9. The van der Waals surface area contributed by atoms with Gasteiger partial charge in [0.05, 0.1) is 6.04 Å². The molecule has 0 fully saturated rings. The molecule has 0 saturated heterocycles. The summed E-state index contributed by atoms with van der Waals surface area (Å²) in [4.78, 5) is 51.0. The predicted molar refractivity (Wildman–Crippen MR) is 146 cm³/mol. The Balaban J connectivity index is 2.09. The van der Waals surface area contributed by atoms with Gasteiger partial charge in [0, 0.05) is 6.42 Å². The molecule has 4 atom stereocenters. The van der Waals surface area contributed by atoms with E-state index in [2.05, 4.69) is 16.0 Å². The van der Waals surface area contributed by atoms with Crippen LogP contribution in [0.2, 0.25) is 0 Å². The van der Waals surface area contributed by atoms with Crippen molar-refractivity contribution in [1.29, 1.82) is 0 Å². The molecule has 0 aliphatic carbocycles. The third-order valence-electron chi connectivity index (χ3n) is 6.12. The molecule has 9 heteroatoms. The smallest absolute Gasteiger partial charge is 0.326 e. The number of hydrogen-bond donors (Lipinski definition) is 5. The lowest BCUT2D eigenvalue weighted by Gasteiger charge is -2.27. The van der Waals surface area contributed by atoms with Gasteiger partial charge in [-0.25, -0.2) is 4.79 Å². The maximum atomic E-state index is 13.3. The highest BCUT2D eigenvalue weighted by atomic mass is 16.4. The monoisotopic (exact) mass is 524 g/mol. The quantitative estimate of drug-likeness (QED) is 0.255. The fraction of sp³-hybridized carbons (Fsp3) is 0.448. The lowest BCUT2D eigenvalue weighted by molar-refractivity contribution is -0.142. The van der Waals surface area contributed by atoms with Crippen molar-refractivity contribution in [2.75, 3.05) is 0 Å². The summed E-state index contributed by atoms with van der Waals surface area (Å²) in [5.74, 6) is -3.02. The van der Waals surface area contributed by atoms with Crippen LogP contribution in [-0.4, -0.2) is 53.0 Å². The molecule has 0 aliphatic rings. The Bertz CT molecular complexity index is 1060. The van der Waals surface area contributed by atoms with E-state index in [0.717, 1.165) is 11.1 Å². The minimum Gasteiger partial charge on any atom is -0.480 e. The van der Waals surface area contributed by atoms with E-state index in [-0.39, 0.29) is 18.3 Å². The van der Waals surface area contributed by atoms with Crippen molar-refractivity contribution < 1.29 is 24.3 Å². The van der Waals surface area contributed by atoms with Gasteiger partial charge in [-0.05, 0) is 35.8 Å². The number of nitrogens with two attached hydrogens (primary N) is 1. The Morgan fingerprint density at radius 1 is 0.711 bits per heavy atom. The molecule has 0 saturated carbocycles. The number of carbonyl (C=O) groups excluding carboxylic acids is 3. The lowest BCUT2D eigenvalue weighted by Crippen LogP contribution is -2.59. The minimum atomic E-state index is -1.17. The summed E-state index contributed by atoms with van der Waals surface area (Å²) in [7, 11) is 0. The van der Waals surface area contributed by atoms with E-state index < -0.39 is 47.9 Å². The van der Waals surface area contributed by atoms with E-state index in [9.17, 15) is 24.3 Å². The summed E-state index contributed by atoms with van der Waals surface area (Å²) in [6, 6.07) is 14.4. The molecule has 2 aromatic carbocycles. The molecule has 2 rings (SSSR count). The van der Waals surface area contributed by atoms with E-state index in [0.29, 0.717) is 12.8 Å². The van der Waals surface area contributed by atoms with Crippen molar-refractivity contribution in [2.24, 2.45) is 17.6 Å². The normalized spacial score (nSPS) is 14.3. The highest BCUT2D eigenvalue weighted by molar-refractivity contribution is 5.94. The van der Waals surface area contributed by atoms with Gasteiger partial charge in [-0.3, -0.25) is 14.4 Å². The number of carboxylic acids is 1. The average molecular weight is 525 g/mol. The second-order valence-electron chi connectivity index (χ2n) is 10.3. The summed E-state index contributed by atoms with van der Waals surface area (Å²) in [6.45, 7) is 7.35. The van der Waals surface area contributed by atoms with E-state index in [1.54, 1.807) is 38.1 Å². The summed E-state index contributed by atoms with van der Waals surface area (Å²) >= 11 is 0. The van der Waals surface area contributed by atoms with Gasteiger partial charge in [0.2, 0.25) is 17.7 Å².